The largest absolute Gasteiger partial charge is 0.487 e. The third kappa shape index (κ3) is 5.96. The molecule has 0 spiro atoms. The summed E-state index contributed by atoms with van der Waals surface area (Å²) in [5.74, 6) is 0.938. The summed E-state index contributed by atoms with van der Waals surface area (Å²) in [4.78, 5) is 18.6. The first-order chi connectivity index (χ1) is 18.9. The lowest BCUT2D eigenvalue weighted by molar-refractivity contribution is -0.142. The number of carbonyl (C=O) groups excluding carboxylic acids is 1. The highest BCUT2D eigenvalue weighted by molar-refractivity contribution is 6.30. The average Bonchev–Trinajstić information content (AvgIpc) is 3.10. The van der Waals surface area contributed by atoms with E-state index in [1.807, 2.05) is 42.5 Å². The van der Waals surface area contributed by atoms with Gasteiger partial charge in [0.15, 0.2) is 6.61 Å². The fourth-order valence-electron chi connectivity index (χ4n) is 5.41. The summed E-state index contributed by atoms with van der Waals surface area (Å²) < 4.78 is 16.5. The number of fused-ring (bicyclic) bond motifs is 2. The summed E-state index contributed by atoms with van der Waals surface area (Å²) in [5, 5.41) is 12.1. The third-order valence-electron chi connectivity index (χ3n) is 7.66. The molecule has 1 aromatic heterocycles. The molecule has 0 amide bonds. The Kier molecular flexibility index (Phi) is 8.21. The first-order valence-corrected chi connectivity index (χ1v) is 13.6. The number of pyridine rings is 1. The second-order valence-electron chi connectivity index (χ2n) is 10.1. The van der Waals surface area contributed by atoms with E-state index in [1.54, 1.807) is 12.3 Å². The predicted octanol–water partition coefficient (Wildman–Crippen LogP) is 5.23. The second kappa shape index (κ2) is 11.8. The monoisotopic (exact) mass is 548 g/mol. The van der Waals surface area contributed by atoms with Crippen LogP contribution in [-0.4, -0.2) is 54.3 Å². The van der Waals surface area contributed by atoms with E-state index in [4.69, 9.17) is 25.8 Å². The van der Waals surface area contributed by atoms with Crippen molar-refractivity contribution >= 4 is 23.1 Å². The quantitative estimate of drug-likeness (QED) is 0.405. The van der Waals surface area contributed by atoms with Crippen LogP contribution in [0.2, 0.25) is 5.02 Å². The number of methoxy groups -OCH3 is 1. The first kappa shape index (κ1) is 27.2. The summed E-state index contributed by atoms with van der Waals surface area (Å²) >= 11 is 6.06. The molecule has 3 aromatic rings. The molecule has 2 unspecified atom stereocenters. The molecule has 0 aliphatic carbocycles. The molecule has 0 radical (unpaired) electrons. The van der Waals surface area contributed by atoms with Crippen molar-refractivity contribution in [2.75, 3.05) is 33.4 Å². The average molecular weight is 549 g/mol. The normalized spacial score (nSPS) is 21.8. The van der Waals surface area contributed by atoms with E-state index in [0.29, 0.717) is 23.8 Å². The van der Waals surface area contributed by atoms with Gasteiger partial charge in [-0.15, -0.1) is 0 Å². The minimum absolute atomic E-state index is 0.0755. The van der Waals surface area contributed by atoms with E-state index >= 15 is 0 Å². The van der Waals surface area contributed by atoms with E-state index in [-0.39, 0.29) is 12.5 Å². The van der Waals surface area contributed by atoms with Crippen LogP contribution in [0.4, 0.5) is 0 Å². The van der Waals surface area contributed by atoms with Gasteiger partial charge in [0.25, 0.3) is 0 Å². The summed E-state index contributed by atoms with van der Waals surface area (Å²) in [5.41, 5.74) is 3.88. The molecule has 2 aromatic carbocycles. The number of hydrogen-bond donors (Lipinski definition) is 1. The zero-order chi connectivity index (χ0) is 27.4. The van der Waals surface area contributed by atoms with Crippen LogP contribution in [-0.2, 0) is 21.7 Å². The molecule has 0 bridgehead atoms. The van der Waals surface area contributed by atoms with E-state index in [0.717, 1.165) is 59.8 Å². The van der Waals surface area contributed by atoms with Crippen LogP contribution < -0.4 is 9.47 Å². The maximum atomic E-state index is 11.6. The Morgan fingerprint density at radius 2 is 2.05 bits per heavy atom. The molecule has 1 fully saturated rings. The number of halogens is 1. The van der Waals surface area contributed by atoms with Crippen LogP contribution in [0, 0.1) is 5.92 Å². The number of aromatic nitrogens is 1. The molecule has 8 heteroatoms. The number of ether oxygens (including phenoxy) is 3. The molecule has 2 atom stereocenters. The number of benzene rings is 2. The summed E-state index contributed by atoms with van der Waals surface area (Å²) in [6.45, 7) is 4.77. The predicted molar refractivity (Wildman–Crippen MR) is 150 cm³/mol. The van der Waals surface area contributed by atoms with E-state index in [1.165, 1.54) is 7.11 Å². The van der Waals surface area contributed by atoms with Gasteiger partial charge in [0.1, 0.15) is 18.1 Å². The molecule has 0 saturated carbocycles. The molecule has 1 saturated heterocycles. The van der Waals surface area contributed by atoms with Crippen molar-refractivity contribution in [2.24, 2.45) is 5.92 Å². The van der Waals surface area contributed by atoms with Crippen LogP contribution in [0.1, 0.15) is 42.1 Å². The molecular weight excluding hydrogens is 516 g/mol. The number of esters is 1. The minimum atomic E-state index is -0.859. The Morgan fingerprint density at radius 1 is 1.23 bits per heavy atom. The summed E-state index contributed by atoms with van der Waals surface area (Å²) in [7, 11) is 1.34. The lowest BCUT2D eigenvalue weighted by atomic mass is 9.77. The fourth-order valence-corrected chi connectivity index (χ4v) is 5.54. The first-order valence-electron chi connectivity index (χ1n) is 13.2. The smallest absolute Gasteiger partial charge is 0.343 e. The van der Waals surface area contributed by atoms with Crippen LogP contribution in [0.25, 0.3) is 5.57 Å². The molecule has 2 aliphatic rings. The standard InChI is InChI=1S/C31H33ClN2O5/c1-21-18-34(16-13-31(21,36)22-7-9-23(32)10-8-22)15-4-6-25-26-5-3-14-33-28(26)19-39-29-12-11-24(17-27(25)29)38-20-30(35)37-2/h3,5-12,14,17,21,36H,4,13,15-16,18-20H2,1-2H3. The van der Waals surface area contributed by atoms with Crippen molar-refractivity contribution in [2.45, 2.75) is 32.0 Å². The fraction of sp³-hybridized carbons (Fsp3) is 0.355. The van der Waals surface area contributed by atoms with Crippen LogP contribution in [0.3, 0.4) is 0 Å². The van der Waals surface area contributed by atoms with Gasteiger partial charge in [0.05, 0.1) is 18.4 Å². The zero-order valence-corrected chi connectivity index (χ0v) is 23.0. The number of hydrogen-bond acceptors (Lipinski definition) is 7. The lowest BCUT2D eigenvalue weighted by Crippen LogP contribution is -2.49. The SMILES string of the molecule is COC(=O)COc1ccc2c(c1)C(=CCCN1CCC(O)(c3ccc(Cl)cc3)C(C)C1)c1cccnc1CO2. The van der Waals surface area contributed by atoms with Crippen molar-refractivity contribution in [1.82, 2.24) is 9.88 Å². The molecule has 39 heavy (non-hydrogen) atoms. The van der Waals surface area contributed by atoms with Crippen LogP contribution in [0.15, 0.2) is 66.9 Å². The van der Waals surface area contributed by atoms with Crippen LogP contribution >= 0.6 is 11.6 Å². The van der Waals surface area contributed by atoms with Gasteiger partial charge in [-0.25, -0.2) is 4.79 Å². The third-order valence-corrected chi connectivity index (χ3v) is 7.92. The Balaban J connectivity index is 1.34. The van der Waals surface area contributed by atoms with Gasteiger partial charge >= 0.3 is 5.97 Å². The zero-order valence-electron chi connectivity index (χ0n) is 22.2. The van der Waals surface area contributed by atoms with E-state index in [9.17, 15) is 9.90 Å². The Bertz CT molecular complexity index is 1360. The number of rotatable bonds is 7. The Labute approximate surface area is 234 Å². The topological polar surface area (TPSA) is 81.1 Å². The van der Waals surface area contributed by atoms with Gasteiger partial charge in [-0.05, 0) is 60.4 Å². The number of piperidine rings is 1. The van der Waals surface area contributed by atoms with Gasteiger partial charge in [-0.3, -0.25) is 4.98 Å². The molecule has 204 valence electrons. The van der Waals surface area contributed by atoms with Gasteiger partial charge in [0, 0.05) is 47.9 Å². The highest BCUT2D eigenvalue weighted by Crippen LogP contribution is 2.40. The lowest BCUT2D eigenvalue weighted by Gasteiger charge is -2.43. The Hall–Kier alpha value is -3.39. The van der Waals surface area contributed by atoms with Crippen LogP contribution in [0.5, 0.6) is 11.5 Å². The van der Waals surface area contributed by atoms with Gasteiger partial charge in [0.2, 0.25) is 0 Å². The number of likely N-dealkylation sites (tertiary alicyclic amines) is 1. The molecule has 5 rings (SSSR count). The maximum Gasteiger partial charge on any atom is 0.343 e. The number of aliphatic hydroxyl groups is 1. The van der Waals surface area contributed by atoms with E-state index < -0.39 is 11.6 Å². The molecule has 3 heterocycles. The summed E-state index contributed by atoms with van der Waals surface area (Å²) in [6.07, 6.45) is 5.47. The Morgan fingerprint density at radius 3 is 2.82 bits per heavy atom. The molecular formula is C31H33ClN2O5. The highest BCUT2D eigenvalue weighted by Gasteiger charge is 2.40. The van der Waals surface area contributed by atoms with Gasteiger partial charge < -0.3 is 24.2 Å². The van der Waals surface area contributed by atoms with Crippen molar-refractivity contribution in [3.05, 3.63) is 94.3 Å². The van der Waals surface area contributed by atoms with Crippen molar-refractivity contribution in [3.63, 3.8) is 0 Å². The van der Waals surface area contributed by atoms with Gasteiger partial charge in [-0.1, -0.05) is 42.8 Å². The van der Waals surface area contributed by atoms with Crippen molar-refractivity contribution in [1.29, 1.82) is 0 Å². The molecule has 2 aliphatic heterocycles. The summed E-state index contributed by atoms with van der Waals surface area (Å²) in [6, 6.07) is 17.1. The molecule has 1 N–H and O–H groups in total. The second-order valence-corrected chi connectivity index (χ2v) is 10.5. The highest BCUT2D eigenvalue weighted by atomic mass is 35.5. The van der Waals surface area contributed by atoms with Crippen molar-refractivity contribution < 1.29 is 24.1 Å². The number of carbonyl (C=O) groups is 1. The maximum absolute atomic E-state index is 11.6. The van der Waals surface area contributed by atoms with Gasteiger partial charge in [-0.2, -0.15) is 0 Å². The van der Waals surface area contributed by atoms with E-state index in [2.05, 4.69) is 29.0 Å². The number of nitrogens with zero attached hydrogens (tertiary/aromatic N) is 2. The van der Waals surface area contributed by atoms with Crippen molar-refractivity contribution in [3.8, 4) is 11.5 Å². The molecule has 7 nitrogen and oxygen atoms in total. The minimum Gasteiger partial charge on any atom is -0.487 e.